The molecular weight excluding hydrogens is 360 g/mol. The summed E-state index contributed by atoms with van der Waals surface area (Å²) in [4.78, 5) is 5.13. The lowest BCUT2D eigenvalue weighted by atomic mass is 9.97. The first-order valence-electron chi connectivity index (χ1n) is 11.1. The highest BCUT2D eigenvalue weighted by atomic mass is 16.5. The first kappa shape index (κ1) is 21.8. The van der Waals surface area contributed by atoms with Crippen molar-refractivity contribution < 1.29 is 4.74 Å². The average Bonchev–Trinajstić information content (AvgIpc) is 3.06. The Kier molecular flexibility index (Phi) is 8.13. The maximum absolute atomic E-state index is 5.26. The monoisotopic (exact) mass is 398 g/mol. The molecule has 0 unspecified atom stereocenters. The summed E-state index contributed by atoms with van der Waals surface area (Å²) in [6.45, 7) is 11.1. The topological polar surface area (TPSA) is 33.5 Å². The Labute approximate surface area is 176 Å². The fraction of sp³-hybridized carbons (Fsp3) is 0.625. The van der Waals surface area contributed by atoms with Gasteiger partial charge in [0.2, 0.25) is 0 Å². The number of hydrogen-bond acceptors (Lipinski definition) is 4. The Hall–Kier alpha value is -1.85. The summed E-state index contributed by atoms with van der Waals surface area (Å²) in [7, 11) is 3.98. The van der Waals surface area contributed by atoms with Gasteiger partial charge in [0.1, 0.15) is 5.75 Å². The molecule has 2 heterocycles. The molecule has 1 aromatic carbocycles. The van der Waals surface area contributed by atoms with Crippen LogP contribution in [0.15, 0.2) is 30.5 Å². The maximum Gasteiger partial charge on any atom is 0.118 e. The molecule has 2 aromatic rings. The third-order valence-corrected chi connectivity index (χ3v) is 5.99. The van der Waals surface area contributed by atoms with Crippen molar-refractivity contribution in [1.29, 1.82) is 0 Å². The van der Waals surface area contributed by atoms with Gasteiger partial charge in [0.15, 0.2) is 0 Å². The lowest BCUT2D eigenvalue weighted by Gasteiger charge is -2.34. The Bertz CT molecular complexity index is 740. The molecule has 5 heteroatoms. The van der Waals surface area contributed by atoms with Crippen LogP contribution in [-0.4, -0.2) is 59.9 Å². The number of likely N-dealkylation sites (tertiary alicyclic amines) is 1. The van der Waals surface area contributed by atoms with Gasteiger partial charge in [-0.25, -0.2) is 0 Å². The first-order chi connectivity index (χ1) is 14.1. The molecular formula is C24H38N4O. The van der Waals surface area contributed by atoms with Crippen LogP contribution in [0.4, 0.5) is 0 Å². The molecule has 1 aliphatic heterocycles. The van der Waals surface area contributed by atoms with Crippen LogP contribution in [0.3, 0.4) is 0 Å². The quantitative estimate of drug-likeness (QED) is 0.606. The number of piperidine rings is 1. The molecule has 1 atom stereocenters. The Balaban J connectivity index is 1.44. The van der Waals surface area contributed by atoms with Gasteiger partial charge in [0.25, 0.3) is 0 Å². The van der Waals surface area contributed by atoms with Gasteiger partial charge in [-0.1, -0.05) is 19.1 Å². The third kappa shape index (κ3) is 6.58. The second kappa shape index (κ2) is 10.8. The van der Waals surface area contributed by atoms with E-state index in [1.165, 1.54) is 42.8 Å². The van der Waals surface area contributed by atoms with Crippen LogP contribution in [0.25, 0.3) is 0 Å². The smallest absolute Gasteiger partial charge is 0.118 e. The minimum atomic E-state index is 0.760. The van der Waals surface area contributed by atoms with Crippen molar-refractivity contribution in [3.05, 3.63) is 47.3 Å². The van der Waals surface area contributed by atoms with Gasteiger partial charge in [0, 0.05) is 44.5 Å². The molecule has 1 saturated heterocycles. The van der Waals surface area contributed by atoms with E-state index in [2.05, 4.69) is 70.9 Å². The summed E-state index contributed by atoms with van der Waals surface area (Å²) in [5, 5.41) is 4.65. The number of hydrogen-bond donors (Lipinski definition) is 0. The van der Waals surface area contributed by atoms with E-state index in [0.717, 1.165) is 50.7 Å². The summed E-state index contributed by atoms with van der Waals surface area (Å²) in [6, 6.07) is 8.51. The molecule has 0 spiro atoms. The zero-order chi connectivity index (χ0) is 20.6. The van der Waals surface area contributed by atoms with Crippen LogP contribution in [0.2, 0.25) is 0 Å². The van der Waals surface area contributed by atoms with Crippen LogP contribution >= 0.6 is 0 Å². The fourth-order valence-corrected chi connectivity index (χ4v) is 4.44. The van der Waals surface area contributed by atoms with Gasteiger partial charge in [-0.2, -0.15) is 5.10 Å². The summed E-state index contributed by atoms with van der Waals surface area (Å²) in [5.74, 6) is 1.70. The molecule has 0 saturated carbocycles. The molecule has 1 aliphatic rings. The lowest BCUT2D eigenvalue weighted by Crippen LogP contribution is -2.40. The van der Waals surface area contributed by atoms with E-state index in [1.807, 2.05) is 0 Å². The number of aromatic nitrogens is 2. The standard InChI is InChI=1S/C24H38N4O/c1-5-13-28-19-23(20(2)25-28)18-26(3)16-22-7-6-14-27(17-22)15-12-21-8-10-24(29-4)11-9-21/h8-11,19,22H,5-7,12-18H2,1-4H3/t22-/m0/s1. The third-order valence-electron chi connectivity index (χ3n) is 5.99. The van der Waals surface area contributed by atoms with Gasteiger partial charge in [-0.15, -0.1) is 0 Å². The predicted molar refractivity (Wildman–Crippen MR) is 119 cm³/mol. The fourth-order valence-electron chi connectivity index (χ4n) is 4.44. The van der Waals surface area contributed by atoms with Crippen molar-refractivity contribution in [1.82, 2.24) is 19.6 Å². The molecule has 0 radical (unpaired) electrons. The van der Waals surface area contributed by atoms with Crippen molar-refractivity contribution >= 4 is 0 Å². The van der Waals surface area contributed by atoms with Crippen molar-refractivity contribution in [3.8, 4) is 5.75 Å². The van der Waals surface area contributed by atoms with Crippen molar-refractivity contribution in [2.24, 2.45) is 5.92 Å². The second-order valence-corrected chi connectivity index (χ2v) is 8.61. The molecule has 0 aliphatic carbocycles. The number of methoxy groups -OCH3 is 1. The second-order valence-electron chi connectivity index (χ2n) is 8.61. The van der Waals surface area contributed by atoms with E-state index in [0.29, 0.717) is 0 Å². The van der Waals surface area contributed by atoms with Gasteiger partial charge in [-0.05, 0) is 69.8 Å². The molecule has 5 nitrogen and oxygen atoms in total. The highest BCUT2D eigenvalue weighted by Gasteiger charge is 2.21. The summed E-state index contributed by atoms with van der Waals surface area (Å²) >= 11 is 0. The van der Waals surface area contributed by atoms with E-state index < -0.39 is 0 Å². The van der Waals surface area contributed by atoms with Crippen molar-refractivity contribution in [2.75, 3.05) is 40.3 Å². The number of aryl methyl sites for hydroxylation is 2. The maximum atomic E-state index is 5.26. The SMILES string of the molecule is CCCn1cc(CN(C)C[C@@H]2CCCN(CCc3ccc(OC)cc3)C2)c(C)n1. The van der Waals surface area contributed by atoms with E-state index in [-0.39, 0.29) is 0 Å². The molecule has 29 heavy (non-hydrogen) atoms. The summed E-state index contributed by atoms with van der Waals surface area (Å²) < 4.78 is 7.35. The first-order valence-corrected chi connectivity index (χ1v) is 11.1. The van der Waals surface area contributed by atoms with E-state index in [9.17, 15) is 0 Å². The minimum absolute atomic E-state index is 0.760. The van der Waals surface area contributed by atoms with Crippen LogP contribution < -0.4 is 4.74 Å². The zero-order valence-corrected chi connectivity index (χ0v) is 18.7. The van der Waals surface area contributed by atoms with Crippen molar-refractivity contribution in [3.63, 3.8) is 0 Å². The number of ether oxygens (including phenoxy) is 1. The lowest BCUT2D eigenvalue weighted by molar-refractivity contribution is 0.142. The number of benzene rings is 1. The van der Waals surface area contributed by atoms with Crippen LogP contribution in [-0.2, 0) is 19.5 Å². The summed E-state index contributed by atoms with van der Waals surface area (Å²) in [5.41, 5.74) is 3.94. The van der Waals surface area contributed by atoms with Crippen LogP contribution in [0.1, 0.15) is 43.0 Å². The molecule has 3 rings (SSSR count). The van der Waals surface area contributed by atoms with E-state index in [1.54, 1.807) is 7.11 Å². The Morgan fingerprint density at radius 1 is 1.21 bits per heavy atom. The normalized spacial score (nSPS) is 17.8. The molecule has 160 valence electrons. The van der Waals surface area contributed by atoms with Gasteiger partial charge >= 0.3 is 0 Å². The molecule has 0 amide bonds. The highest BCUT2D eigenvalue weighted by molar-refractivity contribution is 5.27. The predicted octanol–water partition coefficient (Wildman–Crippen LogP) is 4.00. The van der Waals surface area contributed by atoms with Gasteiger partial charge in [0.05, 0.1) is 12.8 Å². The Morgan fingerprint density at radius 3 is 2.72 bits per heavy atom. The molecule has 0 bridgehead atoms. The van der Waals surface area contributed by atoms with E-state index in [4.69, 9.17) is 4.74 Å². The van der Waals surface area contributed by atoms with Crippen LogP contribution in [0, 0.1) is 12.8 Å². The highest BCUT2D eigenvalue weighted by Crippen LogP contribution is 2.20. The Morgan fingerprint density at radius 2 is 2.00 bits per heavy atom. The zero-order valence-electron chi connectivity index (χ0n) is 18.7. The molecule has 0 N–H and O–H groups in total. The molecule has 1 fully saturated rings. The van der Waals surface area contributed by atoms with Crippen molar-refractivity contribution in [2.45, 2.75) is 52.6 Å². The van der Waals surface area contributed by atoms with Gasteiger partial charge < -0.3 is 14.5 Å². The number of rotatable bonds is 10. The average molecular weight is 399 g/mol. The largest absolute Gasteiger partial charge is 0.497 e. The molecule has 1 aromatic heterocycles. The summed E-state index contributed by atoms with van der Waals surface area (Å²) in [6.07, 6.45) is 7.14. The van der Waals surface area contributed by atoms with Gasteiger partial charge in [-0.3, -0.25) is 4.68 Å². The van der Waals surface area contributed by atoms with Crippen LogP contribution in [0.5, 0.6) is 5.75 Å². The van der Waals surface area contributed by atoms with E-state index >= 15 is 0 Å². The number of nitrogens with zero attached hydrogens (tertiary/aromatic N) is 4. The minimum Gasteiger partial charge on any atom is -0.497 e.